The summed E-state index contributed by atoms with van der Waals surface area (Å²) in [6.07, 6.45) is 0. The molecule has 1 amide bonds. The highest BCUT2D eigenvalue weighted by Gasteiger charge is 2.31. The quantitative estimate of drug-likeness (QED) is 0.881. The second-order valence-electron chi connectivity index (χ2n) is 5.66. The molecular weight excluding hydrogens is 344 g/mol. The summed E-state index contributed by atoms with van der Waals surface area (Å²) >= 11 is 0. The van der Waals surface area contributed by atoms with Crippen molar-refractivity contribution in [2.75, 3.05) is 33.9 Å². The van der Waals surface area contributed by atoms with Gasteiger partial charge in [-0.05, 0) is 18.2 Å². The van der Waals surface area contributed by atoms with Crippen LogP contribution in [-0.4, -0.2) is 44.7 Å². The Kier molecular flexibility index (Phi) is 6.87. The Balaban J connectivity index is 0.00000225. The minimum atomic E-state index is -0.116. The molecule has 25 heavy (non-hydrogen) atoms. The molecule has 1 aromatic carbocycles. The Labute approximate surface area is 153 Å². The monoisotopic (exact) mass is 366 g/mol. The van der Waals surface area contributed by atoms with Crippen molar-refractivity contribution in [3.8, 4) is 5.75 Å². The van der Waals surface area contributed by atoms with Crippen LogP contribution in [0.1, 0.15) is 27.9 Å². The smallest absolute Gasteiger partial charge is 0.290 e. The van der Waals surface area contributed by atoms with E-state index in [1.807, 2.05) is 29.2 Å². The number of nitrogens with one attached hydrogen (secondary N) is 1. The van der Waals surface area contributed by atoms with Crippen LogP contribution in [0.25, 0.3) is 0 Å². The zero-order valence-electron chi connectivity index (χ0n) is 14.4. The van der Waals surface area contributed by atoms with Crippen molar-refractivity contribution >= 4 is 18.3 Å². The molecule has 2 heterocycles. The maximum Gasteiger partial charge on any atom is 0.290 e. The summed E-state index contributed by atoms with van der Waals surface area (Å²) < 4.78 is 16.1. The van der Waals surface area contributed by atoms with Crippen molar-refractivity contribution in [2.24, 2.45) is 0 Å². The maximum absolute atomic E-state index is 12.9. The highest BCUT2D eigenvalue weighted by atomic mass is 35.5. The third-order valence-electron chi connectivity index (χ3n) is 4.16. The lowest BCUT2D eigenvalue weighted by Gasteiger charge is -2.36. The number of para-hydroxylation sites is 1. The van der Waals surface area contributed by atoms with E-state index in [-0.39, 0.29) is 24.4 Å². The average molecular weight is 367 g/mol. The number of carbonyl (C=O) groups excluding carboxylic acids is 1. The molecule has 6 nitrogen and oxygen atoms in total. The molecule has 0 saturated carbocycles. The van der Waals surface area contributed by atoms with Crippen LogP contribution in [0.3, 0.4) is 0 Å². The molecule has 0 spiro atoms. The van der Waals surface area contributed by atoms with E-state index in [1.54, 1.807) is 26.4 Å². The molecule has 1 fully saturated rings. The van der Waals surface area contributed by atoms with Gasteiger partial charge >= 0.3 is 0 Å². The normalized spacial score (nSPS) is 17.0. The molecule has 1 aliphatic heterocycles. The molecule has 1 unspecified atom stereocenters. The van der Waals surface area contributed by atoms with E-state index in [0.29, 0.717) is 31.2 Å². The molecule has 1 N–H and O–H groups in total. The van der Waals surface area contributed by atoms with Gasteiger partial charge in [-0.25, -0.2) is 0 Å². The molecule has 0 radical (unpaired) electrons. The highest BCUT2D eigenvalue weighted by molar-refractivity contribution is 5.92. The van der Waals surface area contributed by atoms with Crippen LogP contribution in [0.2, 0.25) is 0 Å². The minimum Gasteiger partial charge on any atom is -0.496 e. The number of hydrogen-bond acceptors (Lipinski definition) is 5. The van der Waals surface area contributed by atoms with Gasteiger partial charge in [0.15, 0.2) is 5.76 Å². The molecule has 1 saturated heterocycles. The number of piperazine rings is 1. The Morgan fingerprint density at radius 1 is 1.28 bits per heavy atom. The number of carbonyl (C=O) groups is 1. The summed E-state index contributed by atoms with van der Waals surface area (Å²) in [5.41, 5.74) is 0.990. The van der Waals surface area contributed by atoms with Gasteiger partial charge in [0.05, 0.1) is 13.2 Å². The van der Waals surface area contributed by atoms with E-state index in [9.17, 15) is 4.79 Å². The van der Waals surface area contributed by atoms with Crippen LogP contribution < -0.4 is 10.1 Å². The number of methoxy groups -OCH3 is 2. The molecule has 7 heteroatoms. The van der Waals surface area contributed by atoms with Gasteiger partial charge in [-0.1, -0.05) is 18.2 Å². The Bertz CT molecular complexity index is 704. The summed E-state index contributed by atoms with van der Waals surface area (Å²) in [5.74, 6) is 1.65. The second kappa shape index (κ2) is 8.89. The van der Waals surface area contributed by atoms with Crippen molar-refractivity contribution < 1.29 is 18.7 Å². The predicted molar refractivity (Wildman–Crippen MR) is 96.3 cm³/mol. The molecule has 136 valence electrons. The fourth-order valence-electron chi connectivity index (χ4n) is 3.02. The predicted octanol–water partition coefficient (Wildman–Crippen LogP) is 2.64. The summed E-state index contributed by atoms with van der Waals surface area (Å²) in [4.78, 5) is 14.8. The lowest BCUT2D eigenvalue weighted by molar-refractivity contribution is 0.0592. The second-order valence-corrected chi connectivity index (χ2v) is 5.66. The Morgan fingerprint density at radius 3 is 2.84 bits per heavy atom. The van der Waals surface area contributed by atoms with Crippen molar-refractivity contribution in [1.82, 2.24) is 10.2 Å². The Morgan fingerprint density at radius 2 is 2.08 bits per heavy atom. The number of hydrogen-bond donors (Lipinski definition) is 1. The fourth-order valence-corrected chi connectivity index (χ4v) is 3.02. The first-order valence-corrected chi connectivity index (χ1v) is 7.97. The molecule has 1 aromatic heterocycles. The molecular formula is C18H23ClN2O4. The minimum absolute atomic E-state index is 0. The number of ether oxygens (including phenoxy) is 2. The molecule has 1 atom stereocenters. The SMILES string of the molecule is COCc1ccc(C(=O)N2CCNCC2c2ccccc2OC)o1.Cl. The lowest BCUT2D eigenvalue weighted by atomic mass is 10.0. The van der Waals surface area contributed by atoms with E-state index in [1.165, 1.54) is 0 Å². The summed E-state index contributed by atoms with van der Waals surface area (Å²) in [5, 5.41) is 3.35. The number of halogens is 1. The molecule has 1 aliphatic rings. The average Bonchev–Trinajstić information content (AvgIpc) is 3.10. The van der Waals surface area contributed by atoms with Gasteiger partial charge in [-0.15, -0.1) is 12.4 Å². The topological polar surface area (TPSA) is 63.9 Å². The van der Waals surface area contributed by atoms with Crippen molar-refractivity contribution in [2.45, 2.75) is 12.6 Å². The van der Waals surface area contributed by atoms with Gasteiger partial charge in [0.2, 0.25) is 0 Å². The summed E-state index contributed by atoms with van der Waals surface area (Å²) in [6.45, 7) is 2.40. The lowest BCUT2D eigenvalue weighted by Crippen LogP contribution is -2.48. The van der Waals surface area contributed by atoms with E-state index in [2.05, 4.69) is 5.32 Å². The number of benzene rings is 1. The van der Waals surface area contributed by atoms with Crippen molar-refractivity contribution in [3.05, 3.63) is 53.5 Å². The standard InChI is InChI=1S/C18H22N2O4.ClH/c1-22-12-13-7-8-17(24-13)18(21)20-10-9-19-11-15(20)14-5-3-4-6-16(14)23-2;/h3-8,15,19H,9-12H2,1-2H3;1H. The van der Waals surface area contributed by atoms with Gasteiger partial charge < -0.3 is 24.1 Å². The van der Waals surface area contributed by atoms with E-state index < -0.39 is 0 Å². The number of furan rings is 1. The Hall–Kier alpha value is -2.02. The van der Waals surface area contributed by atoms with Crippen LogP contribution in [-0.2, 0) is 11.3 Å². The maximum atomic E-state index is 12.9. The molecule has 2 aromatic rings. The van der Waals surface area contributed by atoms with E-state index in [0.717, 1.165) is 17.9 Å². The third-order valence-corrected chi connectivity index (χ3v) is 4.16. The fraction of sp³-hybridized carbons (Fsp3) is 0.389. The summed E-state index contributed by atoms with van der Waals surface area (Å²) in [6, 6.07) is 11.2. The van der Waals surface area contributed by atoms with Gasteiger partial charge in [0, 0.05) is 32.3 Å². The van der Waals surface area contributed by atoms with E-state index in [4.69, 9.17) is 13.9 Å². The number of nitrogens with zero attached hydrogens (tertiary/aromatic N) is 1. The van der Waals surface area contributed by atoms with Gasteiger partial charge in [-0.3, -0.25) is 4.79 Å². The number of rotatable bonds is 5. The molecule has 3 rings (SSSR count). The van der Waals surface area contributed by atoms with Crippen LogP contribution >= 0.6 is 12.4 Å². The first-order chi connectivity index (χ1) is 11.7. The first kappa shape index (κ1) is 19.3. The highest BCUT2D eigenvalue weighted by Crippen LogP contribution is 2.31. The van der Waals surface area contributed by atoms with Gasteiger partial charge in [-0.2, -0.15) is 0 Å². The van der Waals surface area contributed by atoms with Gasteiger partial charge in [0.25, 0.3) is 5.91 Å². The van der Waals surface area contributed by atoms with Crippen LogP contribution in [0, 0.1) is 0 Å². The largest absolute Gasteiger partial charge is 0.496 e. The summed E-state index contributed by atoms with van der Waals surface area (Å²) in [7, 11) is 3.24. The zero-order chi connectivity index (χ0) is 16.9. The van der Waals surface area contributed by atoms with E-state index >= 15 is 0 Å². The van der Waals surface area contributed by atoms with Crippen molar-refractivity contribution in [1.29, 1.82) is 0 Å². The van der Waals surface area contributed by atoms with Gasteiger partial charge in [0.1, 0.15) is 18.1 Å². The third kappa shape index (κ3) is 4.15. The molecule has 0 bridgehead atoms. The van der Waals surface area contributed by atoms with Crippen LogP contribution in [0.4, 0.5) is 0 Å². The first-order valence-electron chi connectivity index (χ1n) is 7.97. The number of amides is 1. The van der Waals surface area contributed by atoms with Crippen LogP contribution in [0.5, 0.6) is 5.75 Å². The van der Waals surface area contributed by atoms with Crippen LogP contribution in [0.15, 0.2) is 40.8 Å². The van der Waals surface area contributed by atoms with Crippen molar-refractivity contribution in [3.63, 3.8) is 0 Å². The molecule has 0 aliphatic carbocycles. The zero-order valence-corrected chi connectivity index (χ0v) is 15.2.